The highest BCUT2D eigenvalue weighted by Gasteiger charge is 2.40. The van der Waals surface area contributed by atoms with Gasteiger partial charge in [-0.15, -0.1) is 0 Å². The molecule has 35 heavy (non-hydrogen) atoms. The number of hydrogen-bond donors (Lipinski definition) is 1. The van der Waals surface area contributed by atoms with E-state index in [1.807, 2.05) is 24.3 Å². The Morgan fingerprint density at radius 1 is 0.743 bits per heavy atom. The zero-order valence-corrected chi connectivity index (χ0v) is 26.6. The number of esters is 1. The number of aliphatic hydroxyl groups excluding tert-OH is 1. The van der Waals surface area contributed by atoms with Crippen LogP contribution in [-0.4, -0.2) is 52.1 Å². The Kier molecular flexibility index (Phi) is 19.3. The van der Waals surface area contributed by atoms with E-state index in [2.05, 4.69) is 67.7 Å². The molecule has 2 aliphatic rings. The van der Waals surface area contributed by atoms with Crippen LogP contribution < -0.4 is 0 Å². The zero-order chi connectivity index (χ0) is 24.3. The SMILES string of the molecule is C.C.CC(=O)O[C@@H]1C=C[C@H](O[Si](C)(C)C(C)(C)C)C1.CC(C)(C)[Si](C)(C)O[C@H]1C=C[C@@H](O)C1.S.S. The number of rotatable bonds is 5. The lowest BCUT2D eigenvalue weighted by molar-refractivity contribution is -0.144. The highest BCUT2D eigenvalue weighted by molar-refractivity contribution is 7.59. The molecule has 9 heteroatoms. The van der Waals surface area contributed by atoms with Gasteiger partial charge in [0.1, 0.15) is 6.10 Å². The van der Waals surface area contributed by atoms with Gasteiger partial charge in [-0.2, -0.15) is 27.0 Å². The lowest BCUT2D eigenvalue weighted by atomic mass is 10.2. The number of hydrogen-bond acceptors (Lipinski definition) is 5. The summed E-state index contributed by atoms with van der Waals surface area (Å²) in [4.78, 5) is 10.9. The van der Waals surface area contributed by atoms with Crippen molar-refractivity contribution in [3.63, 3.8) is 0 Å². The second-order valence-corrected chi connectivity index (χ2v) is 21.3. The van der Waals surface area contributed by atoms with E-state index >= 15 is 0 Å². The molecule has 1 N–H and O–H groups in total. The Morgan fingerprint density at radius 3 is 1.40 bits per heavy atom. The summed E-state index contributed by atoms with van der Waals surface area (Å²) in [6.45, 7) is 23.8. The smallest absolute Gasteiger partial charge is 0.303 e. The van der Waals surface area contributed by atoms with Crippen molar-refractivity contribution in [3.05, 3.63) is 24.3 Å². The van der Waals surface area contributed by atoms with Gasteiger partial charge in [0.05, 0.1) is 18.3 Å². The minimum atomic E-state index is -1.73. The quantitative estimate of drug-likeness (QED) is 0.211. The molecule has 0 aromatic carbocycles. The van der Waals surface area contributed by atoms with Crippen molar-refractivity contribution in [2.45, 2.75) is 137 Å². The standard InChI is InChI=1S/C13H24O3Si.C11H22O2Si.2CH4.2H2S/c1-10(14)15-11-7-8-12(9-11)16-17(5,6)13(2,3)4;1-11(2,3)14(4,5)13-10-7-6-9(12)8-10;;;;/h7-8,11-12H,9H2,1-6H3;6-7,9-10,12H,8H2,1-5H3;2*1H4;2*1H2/t11-,12+;9-,10+;;;;/m11..../s1. The van der Waals surface area contributed by atoms with E-state index in [1.54, 1.807) is 0 Å². The Bertz CT molecular complexity index is 668. The molecule has 0 radical (unpaired) electrons. The van der Waals surface area contributed by atoms with Gasteiger partial charge in [0, 0.05) is 19.8 Å². The molecule has 2 rings (SSSR count). The van der Waals surface area contributed by atoms with Crippen molar-refractivity contribution >= 4 is 49.6 Å². The first-order valence-corrected chi connectivity index (χ1v) is 17.2. The number of carbonyl (C=O) groups is 1. The topological polar surface area (TPSA) is 65.0 Å². The van der Waals surface area contributed by atoms with Crippen LogP contribution in [0.15, 0.2) is 24.3 Å². The highest BCUT2D eigenvalue weighted by Crippen LogP contribution is 2.39. The van der Waals surface area contributed by atoms with E-state index in [0.29, 0.717) is 0 Å². The van der Waals surface area contributed by atoms with Gasteiger partial charge < -0.3 is 18.7 Å². The second-order valence-electron chi connectivity index (χ2n) is 11.8. The molecule has 0 aliphatic heterocycles. The summed E-state index contributed by atoms with van der Waals surface area (Å²) >= 11 is 0. The average molecular weight is 571 g/mol. The van der Waals surface area contributed by atoms with Crippen LogP contribution in [0.5, 0.6) is 0 Å². The third kappa shape index (κ3) is 13.9. The van der Waals surface area contributed by atoms with Gasteiger partial charge in [-0.1, -0.05) is 74.6 Å². The molecule has 0 fully saturated rings. The van der Waals surface area contributed by atoms with Gasteiger partial charge in [0.2, 0.25) is 0 Å². The van der Waals surface area contributed by atoms with Crippen molar-refractivity contribution in [2.75, 3.05) is 0 Å². The lowest BCUT2D eigenvalue weighted by Crippen LogP contribution is -2.43. The third-order valence-corrected chi connectivity index (χ3v) is 15.9. The molecular weight excluding hydrogens is 513 g/mol. The molecule has 0 saturated carbocycles. The molecule has 0 unspecified atom stereocenters. The molecule has 2 aliphatic carbocycles. The van der Waals surface area contributed by atoms with Crippen molar-refractivity contribution in [3.8, 4) is 0 Å². The zero-order valence-electron chi connectivity index (χ0n) is 22.6. The van der Waals surface area contributed by atoms with Crippen LogP contribution in [0.25, 0.3) is 0 Å². The lowest BCUT2D eigenvalue weighted by Gasteiger charge is -2.38. The van der Waals surface area contributed by atoms with Crippen LogP contribution in [0.1, 0.15) is 76.2 Å². The first-order valence-electron chi connectivity index (χ1n) is 11.4. The van der Waals surface area contributed by atoms with Crippen LogP contribution in [0, 0.1) is 0 Å². The molecular formula is C26H58O5S2Si2. The van der Waals surface area contributed by atoms with E-state index in [-0.39, 0.29) is 82.3 Å². The molecule has 212 valence electrons. The van der Waals surface area contributed by atoms with Gasteiger partial charge in [-0.3, -0.25) is 4.79 Å². The van der Waals surface area contributed by atoms with E-state index in [1.165, 1.54) is 6.92 Å². The maximum Gasteiger partial charge on any atom is 0.303 e. The second kappa shape index (κ2) is 16.0. The predicted octanol–water partition coefficient (Wildman–Crippen LogP) is 7.46. The monoisotopic (exact) mass is 570 g/mol. The summed E-state index contributed by atoms with van der Waals surface area (Å²) in [7, 11) is -3.39. The van der Waals surface area contributed by atoms with Crippen LogP contribution in [-0.2, 0) is 18.4 Å². The molecule has 0 bridgehead atoms. The van der Waals surface area contributed by atoms with Gasteiger partial charge in [-0.25, -0.2) is 0 Å². The Labute approximate surface area is 233 Å². The fourth-order valence-corrected chi connectivity index (χ4v) is 5.44. The van der Waals surface area contributed by atoms with Crippen LogP contribution in [0.4, 0.5) is 0 Å². The van der Waals surface area contributed by atoms with E-state index in [4.69, 9.17) is 13.6 Å². The fraction of sp³-hybridized carbons (Fsp3) is 0.808. The summed E-state index contributed by atoms with van der Waals surface area (Å²) in [5.74, 6) is -0.229. The van der Waals surface area contributed by atoms with E-state index < -0.39 is 16.6 Å². The number of ether oxygens (including phenoxy) is 1. The minimum absolute atomic E-state index is 0. The summed E-state index contributed by atoms with van der Waals surface area (Å²) in [6.07, 6.45) is 9.08. The molecule has 0 saturated heterocycles. The largest absolute Gasteiger partial charge is 0.458 e. The molecule has 5 nitrogen and oxygen atoms in total. The highest BCUT2D eigenvalue weighted by atomic mass is 32.1. The molecule has 0 aromatic heterocycles. The number of aliphatic hydroxyl groups is 1. The van der Waals surface area contributed by atoms with E-state index in [9.17, 15) is 9.90 Å². The summed E-state index contributed by atoms with van der Waals surface area (Å²) in [6, 6.07) is 0. The fourth-order valence-electron chi connectivity index (χ4n) is 2.87. The maximum absolute atomic E-state index is 10.9. The van der Waals surface area contributed by atoms with Crippen LogP contribution >= 0.6 is 27.0 Å². The van der Waals surface area contributed by atoms with Crippen molar-refractivity contribution in [1.29, 1.82) is 0 Å². The first kappa shape index (κ1) is 42.1. The van der Waals surface area contributed by atoms with Gasteiger partial charge in [0.15, 0.2) is 16.6 Å². The molecule has 0 aromatic rings. The summed E-state index contributed by atoms with van der Waals surface area (Å²) < 4.78 is 17.5. The van der Waals surface area contributed by atoms with E-state index in [0.717, 1.165) is 12.8 Å². The first-order chi connectivity index (χ1) is 13.8. The summed E-state index contributed by atoms with van der Waals surface area (Å²) in [5.41, 5.74) is 0. The maximum atomic E-state index is 10.9. The Hall–Kier alpha value is -0.0362. The molecule has 0 spiro atoms. The molecule has 4 atom stereocenters. The molecule has 0 amide bonds. The van der Waals surface area contributed by atoms with Crippen LogP contribution in [0.2, 0.25) is 36.3 Å². The van der Waals surface area contributed by atoms with Crippen molar-refractivity contribution in [1.82, 2.24) is 0 Å². The predicted molar refractivity (Wildman–Crippen MR) is 167 cm³/mol. The molecule has 0 heterocycles. The average Bonchev–Trinajstić information content (AvgIpc) is 3.13. The van der Waals surface area contributed by atoms with Crippen molar-refractivity contribution in [2.24, 2.45) is 0 Å². The van der Waals surface area contributed by atoms with Gasteiger partial charge >= 0.3 is 5.97 Å². The Balaban J connectivity index is -0.000000250. The summed E-state index contributed by atoms with van der Waals surface area (Å²) in [5, 5.41) is 9.80. The van der Waals surface area contributed by atoms with Crippen molar-refractivity contribution < 1.29 is 23.5 Å². The third-order valence-electron chi connectivity index (χ3n) is 6.85. The normalized spacial score (nSPS) is 23.5. The Morgan fingerprint density at radius 2 is 1.09 bits per heavy atom. The van der Waals surface area contributed by atoms with Gasteiger partial charge in [-0.05, 0) is 42.3 Å². The van der Waals surface area contributed by atoms with Crippen LogP contribution in [0.3, 0.4) is 0 Å². The minimum Gasteiger partial charge on any atom is -0.458 e. The van der Waals surface area contributed by atoms with Gasteiger partial charge in [0.25, 0.3) is 0 Å². The number of carbonyl (C=O) groups excluding carboxylic acids is 1.